The highest BCUT2D eigenvalue weighted by Crippen LogP contribution is 2.28. The van der Waals surface area contributed by atoms with Crippen LogP contribution in [0.1, 0.15) is 23.8 Å². The van der Waals surface area contributed by atoms with E-state index in [0.717, 1.165) is 34.5 Å². The molecule has 0 aliphatic heterocycles. The van der Waals surface area contributed by atoms with Crippen molar-refractivity contribution >= 4 is 11.0 Å². The lowest BCUT2D eigenvalue weighted by atomic mass is 10.1. The van der Waals surface area contributed by atoms with Gasteiger partial charge >= 0.3 is 0 Å². The molecule has 0 spiro atoms. The predicted octanol–water partition coefficient (Wildman–Crippen LogP) is 4.03. The molecular weight excluding hydrogens is 262 g/mol. The van der Waals surface area contributed by atoms with Crippen LogP contribution in [0.25, 0.3) is 11.0 Å². The number of benzene rings is 2. The van der Waals surface area contributed by atoms with E-state index in [1.165, 1.54) is 5.56 Å². The highest BCUT2D eigenvalue weighted by molar-refractivity contribution is 5.82. The van der Waals surface area contributed by atoms with E-state index in [-0.39, 0.29) is 0 Å². The average molecular weight is 281 g/mol. The number of aryl methyl sites for hydroxylation is 1. The quantitative estimate of drug-likeness (QED) is 0.768. The molecule has 3 heteroatoms. The van der Waals surface area contributed by atoms with Crippen LogP contribution in [0.5, 0.6) is 5.75 Å². The lowest BCUT2D eigenvalue weighted by molar-refractivity contribution is 0.300. The molecule has 0 aliphatic rings. The highest BCUT2D eigenvalue weighted by atomic mass is 16.5. The Bertz CT molecular complexity index is 746. The monoisotopic (exact) mass is 281 g/mol. The Labute approximate surface area is 124 Å². The number of para-hydroxylation sites is 2. The fourth-order valence-corrected chi connectivity index (χ4v) is 2.56. The number of furan rings is 1. The third-order valence-electron chi connectivity index (χ3n) is 3.69. The van der Waals surface area contributed by atoms with E-state index in [4.69, 9.17) is 14.9 Å². The third kappa shape index (κ3) is 2.65. The van der Waals surface area contributed by atoms with Crippen molar-refractivity contribution in [3.63, 3.8) is 0 Å². The molecule has 21 heavy (non-hydrogen) atoms. The smallest absolute Gasteiger partial charge is 0.134 e. The molecule has 2 aromatic carbocycles. The first-order chi connectivity index (χ1) is 10.3. The Morgan fingerprint density at radius 3 is 2.62 bits per heavy atom. The van der Waals surface area contributed by atoms with Crippen molar-refractivity contribution in [2.75, 3.05) is 0 Å². The molecule has 0 bridgehead atoms. The van der Waals surface area contributed by atoms with Gasteiger partial charge in [0.1, 0.15) is 23.7 Å². The van der Waals surface area contributed by atoms with Gasteiger partial charge in [0.25, 0.3) is 0 Å². The topological polar surface area (TPSA) is 48.4 Å². The van der Waals surface area contributed by atoms with Crippen molar-refractivity contribution < 1.29 is 9.15 Å². The van der Waals surface area contributed by atoms with Gasteiger partial charge < -0.3 is 14.9 Å². The minimum atomic E-state index is 0.378. The molecule has 0 aliphatic carbocycles. The van der Waals surface area contributed by atoms with E-state index >= 15 is 0 Å². The van der Waals surface area contributed by atoms with Gasteiger partial charge in [-0.25, -0.2) is 0 Å². The third-order valence-corrected chi connectivity index (χ3v) is 3.69. The van der Waals surface area contributed by atoms with Gasteiger partial charge in [-0.15, -0.1) is 0 Å². The second-order valence-electron chi connectivity index (χ2n) is 4.95. The summed E-state index contributed by atoms with van der Waals surface area (Å²) in [7, 11) is 0. The van der Waals surface area contributed by atoms with Gasteiger partial charge in [0.05, 0.1) is 6.54 Å². The standard InChI is InChI=1S/C18H19NO2/c1-2-13-7-3-5-9-16(13)20-12-15-14-8-4-6-10-17(14)21-18(15)11-19/h3-10H,2,11-12,19H2,1H3. The van der Waals surface area contributed by atoms with Crippen molar-refractivity contribution in [3.8, 4) is 5.75 Å². The first-order valence-corrected chi connectivity index (χ1v) is 7.23. The zero-order valence-corrected chi connectivity index (χ0v) is 12.1. The van der Waals surface area contributed by atoms with E-state index in [0.29, 0.717) is 13.2 Å². The van der Waals surface area contributed by atoms with Gasteiger partial charge in [-0.3, -0.25) is 0 Å². The summed E-state index contributed by atoms with van der Waals surface area (Å²) in [5, 5.41) is 1.08. The minimum absolute atomic E-state index is 0.378. The molecule has 0 radical (unpaired) electrons. The van der Waals surface area contributed by atoms with E-state index in [1.54, 1.807) is 0 Å². The number of nitrogens with two attached hydrogens (primary N) is 1. The zero-order valence-electron chi connectivity index (χ0n) is 12.1. The number of hydrogen-bond acceptors (Lipinski definition) is 3. The first-order valence-electron chi connectivity index (χ1n) is 7.23. The van der Waals surface area contributed by atoms with Crippen molar-refractivity contribution in [2.24, 2.45) is 5.73 Å². The number of ether oxygens (including phenoxy) is 1. The molecule has 108 valence electrons. The Morgan fingerprint density at radius 1 is 1.05 bits per heavy atom. The summed E-state index contributed by atoms with van der Waals surface area (Å²) in [6, 6.07) is 16.1. The molecule has 2 N–H and O–H groups in total. The van der Waals surface area contributed by atoms with Gasteiger partial charge in [-0.1, -0.05) is 43.3 Å². The van der Waals surface area contributed by atoms with E-state index in [9.17, 15) is 0 Å². The number of fused-ring (bicyclic) bond motifs is 1. The van der Waals surface area contributed by atoms with Crippen LogP contribution < -0.4 is 10.5 Å². The molecule has 3 aromatic rings. The fraction of sp³-hybridized carbons (Fsp3) is 0.222. The molecule has 1 heterocycles. The average Bonchev–Trinajstić information content (AvgIpc) is 2.91. The summed E-state index contributed by atoms with van der Waals surface area (Å²) >= 11 is 0. The molecule has 0 unspecified atom stereocenters. The molecule has 0 fully saturated rings. The van der Waals surface area contributed by atoms with Crippen LogP contribution in [0, 0.1) is 0 Å². The maximum absolute atomic E-state index is 6.01. The van der Waals surface area contributed by atoms with E-state index < -0.39 is 0 Å². The van der Waals surface area contributed by atoms with Crippen LogP contribution in [0.3, 0.4) is 0 Å². The van der Waals surface area contributed by atoms with E-state index in [2.05, 4.69) is 13.0 Å². The van der Waals surface area contributed by atoms with Crippen LogP contribution in [0.2, 0.25) is 0 Å². The summed E-state index contributed by atoms with van der Waals surface area (Å²) in [6.45, 7) is 2.98. The largest absolute Gasteiger partial charge is 0.488 e. The second kappa shape index (κ2) is 6.02. The van der Waals surface area contributed by atoms with Crippen molar-refractivity contribution in [2.45, 2.75) is 26.5 Å². The van der Waals surface area contributed by atoms with Crippen LogP contribution in [-0.4, -0.2) is 0 Å². The summed E-state index contributed by atoms with van der Waals surface area (Å²) in [6.07, 6.45) is 0.950. The number of hydrogen-bond donors (Lipinski definition) is 1. The van der Waals surface area contributed by atoms with Gasteiger partial charge in [-0.2, -0.15) is 0 Å². The van der Waals surface area contributed by atoms with Crippen molar-refractivity contribution in [1.29, 1.82) is 0 Å². The first kappa shape index (κ1) is 13.7. The van der Waals surface area contributed by atoms with Gasteiger partial charge in [0.2, 0.25) is 0 Å². The minimum Gasteiger partial charge on any atom is -0.488 e. The maximum Gasteiger partial charge on any atom is 0.134 e. The van der Waals surface area contributed by atoms with Gasteiger partial charge in [0, 0.05) is 10.9 Å². The molecule has 0 atom stereocenters. The Kier molecular flexibility index (Phi) is 3.93. The predicted molar refractivity (Wildman–Crippen MR) is 84.3 cm³/mol. The lowest BCUT2D eigenvalue weighted by Crippen LogP contribution is -2.03. The summed E-state index contributed by atoms with van der Waals surface area (Å²) in [5.74, 6) is 1.72. The van der Waals surface area contributed by atoms with Crippen LogP contribution >= 0.6 is 0 Å². The van der Waals surface area contributed by atoms with Crippen LogP contribution in [0.4, 0.5) is 0 Å². The molecule has 3 rings (SSSR count). The fourth-order valence-electron chi connectivity index (χ4n) is 2.56. The zero-order chi connectivity index (χ0) is 14.7. The van der Waals surface area contributed by atoms with Gasteiger partial charge in [0.15, 0.2) is 0 Å². The summed E-state index contributed by atoms with van der Waals surface area (Å²) in [5.41, 5.74) is 8.90. The normalized spacial score (nSPS) is 11.0. The van der Waals surface area contributed by atoms with Gasteiger partial charge in [-0.05, 0) is 24.1 Å². The highest BCUT2D eigenvalue weighted by Gasteiger charge is 2.13. The Morgan fingerprint density at radius 2 is 1.81 bits per heavy atom. The van der Waals surface area contributed by atoms with Crippen molar-refractivity contribution in [1.82, 2.24) is 0 Å². The molecule has 3 nitrogen and oxygen atoms in total. The van der Waals surface area contributed by atoms with Crippen LogP contribution in [0.15, 0.2) is 52.9 Å². The summed E-state index contributed by atoms with van der Waals surface area (Å²) in [4.78, 5) is 0. The molecule has 0 saturated heterocycles. The second-order valence-corrected chi connectivity index (χ2v) is 4.95. The van der Waals surface area contributed by atoms with E-state index in [1.807, 2.05) is 42.5 Å². The lowest BCUT2D eigenvalue weighted by Gasteiger charge is -2.10. The SMILES string of the molecule is CCc1ccccc1OCc1c(CN)oc2ccccc12. The number of rotatable bonds is 5. The maximum atomic E-state index is 6.01. The molecular formula is C18H19NO2. The molecule has 1 aromatic heterocycles. The summed E-state index contributed by atoms with van der Waals surface area (Å²) < 4.78 is 11.8. The Balaban J connectivity index is 1.91. The molecule has 0 saturated carbocycles. The van der Waals surface area contributed by atoms with Crippen LogP contribution in [-0.2, 0) is 19.6 Å². The molecule has 0 amide bonds. The van der Waals surface area contributed by atoms with Crippen molar-refractivity contribution in [3.05, 3.63) is 65.4 Å². The Hall–Kier alpha value is -2.26.